The summed E-state index contributed by atoms with van der Waals surface area (Å²) < 4.78 is 14.0. The molecule has 218 valence electrons. The molecule has 3 aromatic rings. The summed E-state index contributed by atoms with van der Waals surface area (Å²) in [5.41, 5.74) is 1.86. The molecular formula is C33H46ClN2O3S+. The predicted molar refractivity (Wildman–Crippen MR) is 167 cm³/mol. The van der Waals surface area contributed by atoms with Gasteiger partial charge in [-0.3, -0.25) is 4.79 Å². The van der Waals surface area contributed by atoms with Gasteiger partial charge in [0.2, 0.25) is 5.01 Å². The van der Waals surface area contributed by atoms with Gasteiger partial charge in [-0.05, 0) is 30.7 Å². The van der Waals surface area contributed by atoms with E-state index in [9.17, 15) is 4.79 Å². The number of nitrogens with one attached hydrogen (secondary N) is 1. The fraction of sp³-hybridized carbons (Fsp3) is 0.515. The van der Waals surface area contributed by atoms with Gasteiger partial charge in [0.25, 0.3) is 5.91 Å². The van der Waals surface area contributed by atoms with E-state index in [1.165, 1.54) is 69.2 Å². The first-order chi connectivity index (χ1) is 19.6. The Balaban J connectivity index is 1.34. The van der Waals surface area contributed by atoms with E-state index in [4.69, 9.17) is 21.1 Å². The quantitative estimate of drug-likeness (QED) is 0.106. The molecule has 1 N–H and O–H groups in total. The molecule has 3 rings (SSSR count). The maximum absolute atomic E-state index is 12.6. The van der Waals surface area contributed by atoms with Crippen LogP contribution >= 0.6 is 22.9 Å². The molecule has 5 nitrogen and oxygen atoms in total. The molecule has 40 heavy (non-hydrogen) atoms. The van der Waals surface area contributed by atoms with Crippen LogP contribution in [0.15, 0.2) is 54.0 Å². The molecule has 0 aliphatic carbocycles. The summed E-state index contributed by atoms with van der Waals surface area (Å²) in [4.78, 5) is 12.6. The van der Waals surface area contributed by atoms with E-state index in [-0.39, 0.29) is 12.5 Å². The largest absolute Gasteiger partial charge is 0.488 e. The van der Waals surface area contributed by atoms with Crippen molar-refractivity contribution in [3.8, 4) is 11.5 Å². The van der Waals surface area contributed by atoms with Crippen molar-refractivity contribution in [2.75, 3.05) is 18.5 Å². The molecule has 1 heterocycles. The summed E-state index contributed by atoms with van der Waals surface area (Å²) >= 11 is 8.12. The number of para-hydroxylation sites is 1. The smallest absolute Gasteiger partial charge is 0.262 e. The van der Waals surface area contributed by atoms with Crippen LogP contribution in [0.5, 0.6) is 11.5 Å². The number of aromatic nitrogens is 1. The number of rotatable bonds is 20. The molecule has 0 spiro atoms. The van der Waals surface area contributed by atoms with Crippen LogP contribution in [0, 0.1) is 6.92 Å². The molecule has 7 heteroatoms. The third-order valence-electron chi connectivity index (χ3n) is 6.98. The monoisotopic (exact) mass is 585 g/mol. The van der Waals surface area contributed by atoms with Crippen molar-refractivity contribution < 1.29 is 18.8 Å². The van der Waals surface area contributed by atoms with E-state index in [0.717, 1.165) is 30.6 Å². The van der Waals surface area contributed by atoms with Crippen molar-refractivity contribution in [1.82, 2.24) is 0 Å². The Bertz CT molecular complexity index is 1150. The Morgan fingerprint density at radius 2 is 1.57 bits per heavy atom. The van der Waals surface area contributed by atoms with Crippen LogP contribution < -0.4 is 19.4 Å². The number of hydrogen-bond donors (Lipinski definition) is 1. The van der Waals surface area contributed by atoms with Gasteiger partial charge in [-0.25, -0.2) is 0 Å². The van der Waals surface area contributed by atoms with E-state index in [1.54, 1.807) is 29.5 Å². The average molecular weight is 586 g/mol. The van der Waals surface area contributed by atoms with Crippen LogP contribution in [-0.4, -0.2) is 19.1 Å². The van der Waals surface area contributed by atoms with Crippen molar-refractivity contribution in [3.05, 3.63) is 69.6 Å². The molecule has 0 fully saturated rings. The summed E-state index contributed by atoms with van der Waals surface area (Å²) in [6.45, 7) is 5.58. The molecule has 1 aromatic heterocycles. The first-order valence-electron chi connectivity index (χ1n) is 14.9. The zero-order chi connectivity index (χ0) is 28.4. The second-order valence-electron chi connectivity index (χ2n) is 10.4. The second-order valence-corrected chi connectivity index (χ2v) is 11.9. The summed E-state index contributed by atoms with van der Waals surface area (Å²) in [6.07, 6.45) is 17.7. The van der Waals surface area contributed by atoms with Crippen molar-refractivity contribution >= 4 is 34.5 Å². The molecule has 0 aliphatic heterocycles. The van der Waals surface area contributed by atoms with Gasteiger partial charge in [-0.15, -0.1) is 0 Å². The normalized spacial score (nSPS) is 11.0. The topological polar surface area (TPSA) is 51.4 Å². The van der Waals surface area contributed by atoms with Crippen molar-refractivity contribution in [2.24, 2.45) is 0 Å². The van der Waals surface area contributed by atoms with E-state index in [2.05, 4.69) is 41.4 Å². The van der Waals surface area contributed by atoms with E-state index in [0.29, 0.717) is 23.1 Å². The molecule has 0 aliphatic rings. The van der Waals surface area contributed by atoms with Gasteiger partial charge in [0.15, 0.2) is 30.8 Å². The van der Waals surface area contributed by atoms with Gasteiger partial charge in [0, 0.05) is 18.2 Å². The number of nitrogens with zero attached hydrogens (tertiary/aromatic N) is 1. The lowest BCUT2D eigenvalue weighted by Gasteiger charge is -2.14. The van der Waals surface area contributed by atoms with E-state index in [1.807, 2.05) is 18.2 Å². The number of halogens is 1. The summed E-state index contributed by atoms with van der Waals surface area (Å²) in [5, 5.41) is 6.74. The molecule has 2 aromatic carbocycles. The molecule has 0 radical (unpaired) electrons. The first kappa shape index (κ1) is 32.0. The number of carbonyl (C=O) groups excluding carboxylic acids is 1. The molecule has 0 bridgehead atoms. The number of hydrogen-bond acceptors (Lipinski definition) is 4. The standard InChI is InChI=1S/C33H45ClN2O3S/c1-3-4-5-6-7-8-9-10-11-12-13-14-22-38-33-30(34)19-16-20-31(33)39-26-32(37)35-29-18-15-17-28(24-29)25-36-21-23-40-27(36)2/h15-21,23-24H,3-14,22,25-26H2,1-2H3/p+1. The number of thiazole rings is 1. The number of anilines is 1. The van der Waals surface area contributed by atoms with Gasteiger partial charge in [0.05, 0.1) is 17.0 Å². The fourth-order valence-electron chi connectivity index (χ4n) is 4.68. The molecule has 1 amide bonds. The fourth-order valence-corrected chi connectivity index (χ4v) is 5.57. The minimum Gasteiger partial charge on any atom is -0.488 e. The number of amides is 1. The Morgan fingerprint density at radius 1 is 0.900 bits per heavy atom. The summed E-state index contributed by atoms with van der Waals surface area (Å²) in [6, 6.07) is 13.3. The maximum atomic E-state index is 12.6. The summed E-state index contributed by atoms with van der Waals surface area (Å²) in [5.74, 6) is 0.758. The Labute approximate surface area is 249 Å². The number of carbonyl (C=O) groups is 1. The minimum atomic E-state index is -0.233. The average Bonchev–Trinajstić information content (AvgIpc) is 3.35. The van der Waals surface area contributed by atoms with E-state index < -0.39 is 0 Å². The third kappa shape index (κ3) is 11.9. The lowest BCUT2D eigenvalue weighted by atomic mass is 10.1. The minimum absolute atomic E-state index is 0.127. The SMILES string of the molecule is CCCCCCCCCCCCCCOc1c(Cl)cccc1OCC(=O)Nc1cccc(C[n+]2ccsc2C)c1. The van der Waals surface area contributed by atoms with Gasteiger partial charge >= 0.3 is 0 Å². The van der Waals surface area contributed by atoms with Gasteiger partial charge in [-0.2, -0.15) is 4.57 Å². The van der Waals surface area contributed by atoms with Crippen LogP contribution in [0.3, 0.4) is 0 Å². The molecule has 0 saturated carbocycles. The number of ether oxygens (including phenoxy) is 2. The number of aryl methyl sites for hydroxylation is 1. The Morgan fingerprint density at radius 3 is 2.25 bits per heavy atom. The highest BCUT2D eigenvalue weighted by molar-refractivity contribution is 7.09. The van der Waals surface area contributed by atoms with Crippen molar-refractivity contribution in [1.29, 1.82) is 0 Å². The van der Waals surface area contributed by atoms with Crippen LogP contribution in [0.25, 0.3) is 0 Å². The zero-order valence-electron chi connectivity index (χ0n) is 24.3. The lowest BCUT2D eigenvalue weighted by molar-refractivity contribution is -0.689. The van der Waals surface area contributed by atoms with Crippen LogP contribution in [0.2, 0.25) is 5.02 Å². The van der Waals surface area contributed by atoms with Crippen molar-refractivity contribution in [3.63, 3.8) is 0 Å². The van der Waals surface area contributed by atoms with Crippen LogP contribution in [0.1, 0.15) is 94.5 Å². The van der Waals surface area contributed by atoms with Crippen LogP contribution in [0.4, 0.5) is 5.69 Å². The van der Waals surface area contributed by atoms with Crippen LogP contribution in [-0.2, 0) is 11.3 Å². The lowest BCUT2D eigenvalue weighted by Crippen LogP contribution is -2.34. The molecule has 0 saturated heterocycles. The Kier molecular flexibility index (Phi) is 15.0. The Hall–Kier alpha value is -2.57. The van der Waals surface area contributed by atoms with Crippen molar-refractivity contribution in [2.45, 2.75) is 97.4 Å². The predicted octanol–water partition coefficient (Wildman–Crippen LogP) is 9.14. The second kappa shape index (κ2) is 18.7. The summed E-state index contributed by atoms with van der Waals surface area (Å²) in [7, 11) is 0. The molecule has 0 atom stereocenters. The van der Waals surface area contributed by atoms with E-state index >= 15 is 0 Å². The molecular weight excluding hydrogens is 540 g/mol. The third-order valence-corrected chi connectivity index (χ3v) is 8.11. The first-order valence-corrected chi connectivity index (χ1v) is 16.2. The highest BCUT2D eigenvalue weighted by atomic mass is 35.5. The highest BCUT2D eigenvalue weighted by Crippen LogP contribution is 2.35. The number of benzene rings is 2. The van der Waals surface area contributed by atoms with Gasteiger partial charge in [0.1, 0.15) is 0 Å². The van der Waals surface area contributed by atoms with Gasteiger partial charge in [-0.1, -0.05) is 119 Å². The van der Waals surface area contributed by atoms with Gasteiger partial charge < -0.3 is 14.8 Å². The number of unbranched alkanes of at least 4 members (excludes halogenated alkanes) is 11. The maximum Gasteiger partial charge on any atom is 0.262 e. The molecule has 0 unspecified atom stereocenters. The highest BCUT2D eigenvalue weighted by Gasteiger charge is 2.13. The zero-order valence-corrected chi connectivity index (χ0v) is 25.8.